The number of piperazine rings is 1. The summed E-state index contributed by atoms with van der Waals surface area (Å²) in [5.41, 5.74) is 3.96. The summed E-state index contributed by atoms with van der Waals surface area (Å²) in [5.74, 6) is -0.333. The molecule has 3 aliphatic rings. The van der Waals surface area contributed by atoms with Crippen LogP contribution in [0.5, 0.6) is 0 Å². The Hall–Kier alpha value is -3.87. The Morgan fingerprint density at radius 2 is 1.69 bits per heavy atom. The highest BCUT2D eigenvalue weighted by Gasteiger charge is 2.34. The van der Waals surface area contributed by atoms with Crippen molar-refractivity contribution in [3.8, 4) is 11.3 Å². The fourth-order valence-corrected chi connectivity index (χ4v) is 6.90. The molecule has 7 rings (SSSR count). The third-order valence-corrected chi connectivity index (χ3v) is 9.71. The highest BCUT2D eigenvalue weighted by molar-refractivity contribution is 7.22. The van der Waals surface area contributed by atoms with Crippen LogP contribution in [-0.4, -0.2) is 69.2 Å². The largest absolute Gasteiger partial charge is 0.416 e. The fraction of sp³-hybridized carbons (Fsp3) is 0.394. The molecule has 1 aliphatic carbocycles. The van der Waals surface area contributed by atoms with Crippen molar-refractivity contribution in [3.05, 3.63) is 76.3 Å². The first-order chi connectivity index (χ1) is 21.6. The Balaban J connectivity index is 1.08. The molecule has 1 N–H and O–H groups in total. The van der Waals surface area contributed by atoms with Crippen LogP contribution in [-0.2, 0) is 30.6 Å². The van der Waals surface area contributed by atoms with Crippen LogP contribution >= 0.6 is 11.3 Å². The van der Waals surface area contributed by atoms with Gasteiger partial charge >= 0.3 is 6.18 Å². The minimum absolute atomic E-state index is 0.00109. The summed E-state index contributed by atoms with van der Waals surface area (Å²) in [5, 5.41) is 3.41. The molecule has 2 aliphatic heterocycles. The molecule has 45 heavy (non-hydrogen) atoms. The van der Waals surface area contributed by atoms with E-state index in [4.69, 9.17) is 4.98 Å². The van der Waals surface area contributed by atoms with Gasteiger partial charge in [0.15, 0.2) is 5.13 Å². The number of fused-ring (bicyclic) bond motifs is 2. The quantitative estimate of drug-likeness (QED) is 0.268. The predicted molar refractivity (Wildman–Crippen MR) is 167 cm³/mol. The lowest BCUT2D eigenvalue weighted by molar-refractivity contribution is -0.137. The molecule has 234 valence electrons. The number of rotatable bonds is 7. The van der Waals surface area contributed by atoms with E-state index >= 15 is 0 Å². The van der Waals surface area contributed by atoms with Gasteiger partial charge < -0.3 is 15.1 Å². The Morgan fingerprint density at radius 3 is 2.42 bits per heavy atom. The number of anilines is 1. The van der Waals surface area contributed by atoms with E-state index < -0.39 is 17.6 Å². The summed E-state index contributed by atoms with van der Waals surface area (Å²) in [4.78, 5) is 41.8. The van der Waals surface area contributed by atoms with Crippen molar-refractivity contribution >= 4 is 38.6 Å². The second kappa shape index (κ2) is 11.8. The number of amides is 2. The van der Waals surface area contributed by atoms with Crippen molar-refractivity contribution in [1.29, 1.82) is 0 Å². The molecule has 2 aromatic carbocycles. The number of pyridine rings is 1. The predicted octanol–water partition coefficient (Wildman–Crippen LogP) is 6.02. The first-order valence-electron chi connectivity index (χ1n) is 15.3. The van der Waals surface area contributed by atoms with Crippen LogP contribution in [0.25, 0.3) is 21.6 Å². The zero-order chi connectivity index (χ0) is 31.3. The van der Waals surface area contributed by atoms with Gasteiger partial charge in [-0.25, -0.2) is 9.97 Å². The van der Waals surface area contributed by atoms with Crippen LogP contribution in [0.4, 0.5) is 18.3 Å². The third-order valence-electron chi connectivity index (χ3n) is 8.83. The van der Waals surface area contributed by atoms with Gasteiger partial charge in [-0.05, 0) is 72.5 Å². The average Bonchev–Trinajstić information content (AvgIpc) is 3.68. The number of nitrogens with one attached hydrogen (secondary N) is 1. The van der Waals surface area contributed by atoms with Crippen LogP contribution in [0.1, 0.15) is 52.4 Å². The molecular weight excluding hydrogens is 601 g/mol. The molecule has 0 unspecified atom stereocenters. The second-order valence-corrected chi connectivity index (χ2v) is 13.1. The maximum atomic E-state index is 13.9. The number of nitrogens with zero attached hydrogens (tertiary/aromatic N) is 5. The molecule has 4 aromatic rings. The smallest absolute Gasteiger partial charge is 0.330 e. The highest BCUT2D eigenvalue weighted by Crippen LogP contribution is 2.35. The molecule has 4 heterocycles. The van der Waals surface area contributed by atoms with Crippen molar-refractivity contribution in [2.45, 2.75) is 45.6 Å². The second-order valence-electron chi connectivity index (χ2n) is 12.1. The molecule has 0 spiro atoms. The normalized spacial score (nSPS) is 17.6. The minimum Gasteiger partial charge on any atom is -0.330 e. The van der Waals surface area contributed by atoms with Crippen LogP contribution in [0.15, 0.2) is 48.5 Å². The van der Waals surface area contributed by atoms with Gasteiger partial charge in [0.1, 0.15) is 10.3 Å². The van der Waals surface area contributed by atoms with Gasteiger partial charge in [0.2, 0.25) is 5.91 Å². The fourth-order valence-electron chi connectivity index (χ4n) is 6.06. The van der Waals surface area contributed by atoms with Crippen LogP contribution in [0.3, 0.4) is 0 Å². The van der Waals surface area contributed by atoms with E-state index in [-0.39, 0.29) is 17.4 Å². The third kappa shape index (κ3) is 6.45. The molecular formula is C33H33F3N6O2S. The number of thiazole rings is 1. The van der Waals surface area contributed by atoms with E-state index in [0.717, 1.165) is 74.0 Å². The number of carbonyl (C=O) groups excluding carboxylic acids is 2. The highest BCUT2D eigenvalue weighted by atomic mass is 32.1. The summed E-state index contributed by atoms with van der Waals surface area (Å²) in [6, 6.07) is 13.4. The Labute approximate surface area is 262 Å². The van der Waals surface area contributed by atoms with Gasteiger partial charge in [-0.15, -0.1) is 0 Å². The first-order valence-corrected chi connectivity index (χ1v) is 16.1. The SMILES string of the molecule is CCN1CCN(Cc2cc(C(=O)N3Cc4ccc(-c5ccc6nc(NC(=O)C7CC7)sc6n5)cc4C3)cc(C(F)(F)F)c2)CC1. The Kier molecular flexibility index (Phi) is 7.83. The number of hydrogen-bond acceptors (Lipinski definition) is 7. The van der Waals surface area contributed by atoms with E-state index in [1.807, 2.05) is 30.3 Å². The molecule has 8 nitrogen and oxygen atoms in total. The number of likely N-dealkylation sites (N-methyl/N-ethyl adjacent to an activating group) is 1. The van der Waals surface area contributed by atoms with E-state index in [9.17, 15) is 22.8 Å². The molecule has 2 amide bonds. The number of alkyl halides is 3. The first kappa shape index (κ1) is 29.8. The molecule has 0 radical (unpaired) electrons. The maximum absolute atomic E-state index is 13.9. The Morgan fingerprint density at radius 1 is 0.933 bits per heavy atom. The molecule has 0 bridgehead atoms. The average molecular weight is 635 g/mol. The molecule has 1 saturated carbocycles. The van der Waals surface area contributed by atoms with Crippen LogP contribution in [0, 0.1) is 5.92 Å². The molecule has 2 fully saturated rings. The minimum atomic E-state index is -4.55. The summed E-state index contributed by atoms with van der Waals surface area (Å²) in [7, 11) is 0. The van der Waals surface area contributed by atoms with Crippen LogP contribution in [0.2, 0.25) is 0 Å². The summed E-state index contributed by atoms with van der Waals surface area (Å²) in [6.45, 7) is 7.36. The summed E-state index contributed by atoms with van der Waals surface area (Å²) >= 11 is 1.33. The lowest BCUT2D eigenvalue weighted by Gasteiger charge is -2.34. The van der Waals surface area contributed by atoms with Crippen molar-refractivity contribution in [1.82, 2.24) is 24.7 Å². The monoisotopic (exact) mass is 634 g/mol. The molecule has 2 aromatic heterocycles. The van der Waals surface area contributed by atoms with E-state index in [1.165, 1.54) is 17.4 Å². The maximum Gasteiger partial charge on any atom is 0.416 e. The van der Waals surface area contributed by atoms with E-state index in [2.05, 4.69) is 27.0 Å². The standard InChI is InChI=1S/C33H33F3N6O2S/c1-2-40-9-11-41(12-10-40)17-20-13-24(16-26(14-20)33(34,35)36)31(44)42-18-23-6-5-22(15-25(23)19-42)27-7-8-28-30(37-27)45-32(38-28)39-29(43)21-3-4-21/h5-8,13-16,21H,2-4,9-12,17-19H2,1H3,(H,38,39,43). The van der Waals surface area contributed by atoms with E-state index in [1.54, 1.807) is 11.0 Å². The van der Waals surface area contributed by atoms with Gasteiger partial charge in [0.05, 0.1) is 11.3 Å². The number of halogens is 3. The summed E-state index contributed by atoms with van der Waals surface area (Å²) < 4.78 is 41.7. The van der Waals surface area contributed by atoms with E-state index in [0.29, 0.717) is 40.7 Å². The van der Waals surface area contributed by atoms with Gasteiger partial charge in [0, 0.05) is 62.9 Å². The Bertz CT molecular complexity index is 1780. The van der Waals surface area contributed by atoms with Gasteiger partial charge in [0.25, 0.3) is 5.91 Å². The topological polar surface area (TPSA) is 81.7 Å². The van der Waals surface area contributed by atoms with Gasteiger partial charge in [-0.3, -0.25) is 14.5 Å². The number of hydrogen-bond donors (Lipinski definition) is 1. The van der Waals surface area contributed by atoms with Gasteiger partial charge in [-0.1, -0.05) is 30.4 Å². The van der Waals surface area contributed by atoms with Crippen molar-refractivity contribution < 1.29 is 22.8 Å². The molecule has 1 saturated heterocycles. The molecule has 12 heteroatoms. The number of benzene rings is 2. The van der Waals surface area contributed by atoms with Crippen molar-refractivity contribution in [3.63, 3.8) is 0 Å². The summed E-state index contributed by atoms with van der Waals surface area (Å²) in [6.07, 6.45) is -2.72. The van der Waals surface area contributed by atoms with Crippen molar-refractivity contribution in [2.24, 2.45) is 5.92 Å². The lowest BCUT2D eigenvalue weighted by Crippen LogP contribution is -2.45. The zero-order valence-electron chi connectivity index (χ0n) is 24.9. The number of aromatic nitrogens is 2. The van der Waals surface area contributed by atoms with Crippen LogP contribution < -0.4 is 5.32 Å². The molecule has 0 atom stereocenters. The van der Waals surface area contributed by atoms with Gasteiger partial charge in [-0.2, -0.15) is 13.2 Å². The number of carbonyl (C=O) groups is 2. The zero-order valence-corrected chi connectivity index (χ0v) is 25.7. The van der Waals surface area contributed by atoms with Crippen molar-refractivity contribution in [2.75, 3.05) is 38.0 Å². The lowest BCUT2D eigenvalue weighted by atomic mass is 10.0.